The molecule has 2 rings (SSSR count). The second-order valence-corrected chi connectivity index (χ2v) is 6.71. The molecule has 1 aliphatic heterocycles. The molecule has 108 valence electrons. The average molecular weight is 300 g/mol. The van der Waals surface area contributed by atoms with Crippen molar-refractivity contribution >= 4 is 27.2 Å². The standard InChI is InChI=1S/C11H12N2O6S/c14-11(15)8-1-2-9(10(7-8)13(16)17)12-3-5-20(18,19)6-4-12/h1-2,7H,3-6H2,(H,14,15). The molecule has 20 heavy (non-hydrogen) atoms. The quantitative estimate of drug-likeness (QED) is 0.638. The summed E-state index contributed by atoms with van der Waals surface area (Å²) in [6, 6.07) is 3.61. The molecule has 0 aromatic heterocycles. The van der Waals surface area contributed by atoms with Gasteiger partial charge in [0, 0.05) is 19.2 Å². The monoisotopic (exact) mass is 300 g/mol. The van der Waals surface area contributed by atoms with Gasteiger partial charge in [0.1, 0.15) is 5.69 Å². The lowest BCUT2D eigenvalue weighted by Gasteiger charge is -2.28. The van der Waals surface area contributed by atoms with Crippen LogP contribution in [0.2, 0.25) is 0 Å². The van der Waals surface area contributed by atoms with Gasteiger partial charge in [-0.1, -0.05) is 0 Å². The lowest BCUT2D eigenvalue weighted by molar-refractivity contribution is -0.384. The topological polar surface area (TPSA) is 118 Å². The highest BCUT2D eigenvalue weighted by Crippen LogP contribution is 2.30. The number of anilines is 1. The van der Waals surface area contributed by atoms with Gasteiger partial charge in [0.2, 0.25) is 0 Å². The van der Waals surface area contributed by atoms with Crippen molar-refractivity contribution in [2.24, 2.45) is 0 Å². The highest BCUT2D eigenvalue weighted by Gasteiger charge is 2.27. The number of carboxylic acid groups (broad SMARTS) is 1. The van der Waals surface area contributed by atoms with Crippen molar-refractivity contribution in [3.63, 3.8) is 0 Å². The third-order valence-corrected chi connectivity index (χ3v) is 4.71. The first-order chi connectivity index (χ1) is 9.30. The number of aromatic carboxylic acids is 1. The van der Waals surface area contributed by atoms with Crippen molar-refractivity contribution in [1.82, 2.24) is 0 Å². The van der Waals surface area contributed by atoms with E-state index in [0.29, 0.717) is 0 Å². The minimum absolute atomic E-state index is 0.0646. The van der Waals surface area contributed by atoms with Crippen LogP contribution in [0.5, 0.6) is 0 Å². The number of hydrogen-bond acceptors (Lipinski definition) is 6. The molecule has 0 aliphatic carbocycles. The summed E-state index contributed by atoms with van der Waals surface area (Å²) in [5, 5.41) is 19.9. The Labute approximate surface area is 114 Å². The number of benzene rings is 1. The third-order valence-electron chi connectivity index (χ3n) is 3.10. The first-order valence-corrected chi connectivity index (χ1v) is 7.59. The Bertz CT molecular complexity index is 655. The van der Waals surface area contributed by atoms with Crippen LogP contribution in [-0.4, -0.2) is 49.0 Å². The molecule has 0 unspecified atom stereocenters. The van der Waals surface area contributed by atoms with Crippen LogP contribution in [0.4, 0.5) is 11.4 Å². The van der Waals surface area contributed by atoms with Gasteiger partial charge in [-0.15, -0.1) is 0 Å². The fourth-order valence-corrected chi connectivity index (χ4v) is 3.22. The SMILES string of the molecule is O=C(O)c1ccc(N2CCS(=O)(=O)CC2)c([N+](=O)[O-])c1. The number of nitro groups is 1. The molecule has 1 saturated heterocycles. The van der Waals surface area contributed by atoms with E-state index < -0.39 is 20.7 Å². The molecule has 9 heteroatoms. The Balaban J connectivity index is 2.37. The van der Waals surface area contributed by atoms with E-state index in [4.69, 9.17) is 5.11 Å². The fraction of sp³-hybridized carbons (Fsp3) is 0.364. The smallest absolute Gasteiger partial charge is 0.335 e. The van der Waals surface area contributed by atoms with Crippen LogP contribution in [0.15, 0.2) is 18.2 Å². The van der Waals surface area contributed by atoms with Gasteiger partial charge < -0.3 is 10.0 Å². The van der Waals surface area contributed by atoms with Gasteiger partial charge in [0.15, 0.2) is 9.84 Å². The Kier molecular flexibility index (Phi) is 3.62. The minimum atomic E-state index is -3.08. The van der Waals surface area contributed by atoms with Gasteiger partial charge in [-0.3, -0.25) is 10.1 Å². The minimum Gasteiger partial charge on any atom is -0.478 e. The lowest BCUT2D eigenvalue weighted by Crippen LogP contribution is -2.40. The van der Waals surface area contributed by atoms with E-state index in [1.165, 1.54) is 12.1 Å². The number of nitrogens with zero attached hydrogens (tertiary/aromatic N) is 2. The molecule has 0 atom stereocenters. The molecule has 0 spiro atoms. The number of carboxylic acids is 1. The van der Waals surface area contributed by atoms with Crippen molar-refractivity contribution in [3.05, 3.63) is 33.9 Å². The zero-order valence-corrected chi connectivity index (χ0v) is 11.2. The van der Waals surface area contributed by atoms with Gasteiger partial charge in [-0.25, -0.2) is 13.2 Å². The van der Waals surface area contributed by atoms with Crippen molar-refractivity contribution in [2.75, 3.05) is 29.5 Å². The number of rotatable bonds is 3. The summed E-state index contributed by atoms with van der Waals surface area (Å²) in [5.74, 6) is -1.38. The van der Waals surface area contributed by atoms with E-state index in [9.17, 15) is 23.3 Å². The van der Waals surface area contributed by atoms with E-state index in [-0.39, 0.29) is 41.5 Å². The maximum absolute atomic E-state index is 11.4. The molecule has 1 aliphatic rings. The summed E-state index contributed by atoms with van der Waals surface area (Å²) in [5.41, 5.74) is -0.260. The summed E-state index contributed by atoms with van der Waals surface area (Å²) in [4.78, 5) is 22.8. The molecule has 1 aromatic carbocycles. The second kappa shape index (κ2) is 5.08. The molecule has 1 heterocycles. The first kappa shape index (κ1) is 14.3. The Morgan fingerprint density at radius 3 is 2.40 bits per heavy atom. The number of nitro benzene ring substituents is 1. The second-order valence-electron chi connectivity index (χ2n) is 4.40. The normalized spacial score (nSPS) is 17.7. The predicted molar refractivity (Wildman–Crippen MR) is 70.9 cm³/mol. The zero-order valence-electron chi connectivity index (χ0n) is 10.4. The molecule has 1 N–H and O–H groups in total. The molecular formula is C11H12N2O6S. The summed E-state index contributed by atoms with van der Waals surface area (Å²) < 4.78 is 22.7. The van der Waals surface area contributed by atoms with Crippen molar-refractivity contribution in [3.8, 4) is 0 Å². The Morgan fingerprint density at radius 2 is 1.90 bits per heavy atom. The lowest BCUT2D eigenvalue weighted by atomic mass is 10.1. The van der Waals surface area contributed by atoms with Crippen molar-refractivity contribution < 1.29 is 23.2 Å². The summed E-state index contributed by atoms with van der Waals surface area (Å²) >= 11 is 0. The van der Waals surface area contributed by atoms with Gasteiger partial charge in [0.25, 0.3) is 5.69 Å². The molecule has 8 nitrogen and oxygen atoms in total. The van der Waals surface area contributed by atoms with Gasteiger partial charge in [0.05, 0.1) is 22.0 Å². The van der Waals surface area contributed by atoms with E-state index in [1.54, 1.807) is 4.90 Å². The Morgan fingerprint density at radius 1 is 1.30 bits per heavy atom. The van der Waals surface area contributed by atoms with Crippen LogP contribution >= 0.6 is 0 Å². The molecule has 1 aromatic rings. The molecule has 0 saturated carbocycles. The summed E-state index contributed by atoms with van der Waals surface area (Å²) in [7, 11) is -3.08. The fourth-order valence-electron chi connectivity index (χ4n) is 2.02. The van der Waals surface area contributed by atoms with E-state index in [0.717, 1.165) is 6.07 Å². The van der Waals surface area contributed by atoms with Crippen LogP contribution in [0, 0.1) is 10.1 Å². The van der Waals surface area contributed by atoms with Gasteiger partial charge in [-0.2, -0.15) is 0 Å². The van der Waals surface area contributed by atoms with E-state index in [2.05, 4.69) is 0 Å². The highest BCUT2D eigenvalue weighted by molar-refractivity contribution is 7.91. The van der Waals surface area contributed by atoms with Crippen LogP contribution in [0.1, 0.15) is 10.4 Å². The van der Waals surface area contributed by atoms with Crippen LogP contribution < -0.4 is 4.90 Å². The van der Waals surface area contributed by atoms with Crippen LogP contribution in [-0.2, 0) is 9.84 Å². The third kappa shape index (κ3) is 2.87. The maximum Gasteiger partial charge on any atom is 0.335 e. The number of carbonyl (C=O) groups is 1. The predicted octanol–water partition coefficient (Wildman–Crippen LogP) is 0.528. The van der Waals surface area contributed by atoms with Crippen molar-refractivity contribution in [2.45, 2.75) is 0 Å². The van der Waals surface area contributed by atoms with E-state index in [1.807, 2.05) is 0 Å². The molecule has 0 radical (unpaired) electrons. The first-order valence-electron chi connectivity index (χ1n) is 5.77. The molecule has 0 amide bonds. The number of hydrogen-bond donors (Lipinski definition) is 1. The Hall–Kier alpha value is -2.16. The van der Waals surface area contributed by atoms with Crippen LogP contribution in [0.3, 0.4) is 0 Å². The van der Waals surface area contributed by atoms with Crippen LogP contribution in [0.25, 0.3) is 0 Å². The van der Waals surface area contributed by atoms with Gasteiger partial charge >= 0.3 is 5.97 Å². The summed E-state index contributed by atoms with van der Waals surface area (Å²) in [6.45, 7) is 0.325. The number of sulfone groups is 1. The molecule has 1 fully saturated rings. The van der Waals surface area contributed by atoms with Gasteiger partial charge in [-0.05, 0) is 12.1 Å². The molecular weight excluding hydrogens is 288 g/mol. The average Bonchev–Trinajstić information content (AvgIpc) is 2.38. The van der Waals surface area contributed by atoms with E-state index >= 15 is 0 Å². The largest absolute Gasteiger partial charge is 0.478 e. The molecule has 0 bridgehead atoms. The summed E-state index contributed by atoms with van der Waals surface area (Å²) in [6.07, 6.45) is 0. The highest BCUT2D eigenvalue weighted by atomic mass is 32.2. The van der Waals surface area contributed by atoms with Crippen molar-refractivity contribution in [1.29, 1.82) is 0 Å². The maximum atomic E-state index is 11.4. The zero-order chi connectivity index (χ0) is 14.9.